The molecule has 0 aromatic rings. The molecule has 1 fully saturated rings. The summed E-state index contributed by atoms with van der Waals surface area (Å²) < 4.78 is 0. The molecule has 2 N–H and O–H groups in total. The van der Waals surface area contributed by atoms with E-state index in [4.69, 9.17) is 5.73 Å². The number of amidine groups is 1. The van der Waals surface area contributed by atoms with Crippen LogP contribution >= 0.6 is 0 Å². The Balaban J connectivity index is 2.72. The highest BCUT2D eigenvalue weighted by Gasteiger charge is 2.32. The lowest BCUT2D eigenvalue weighted by Crippen LogP contribution is -2.35. The second-order valence-corrected chi connectivity index (χ2v) is 4.26. The molecule has 0 spiro atoms. The van der Waals surface area contributed by atoms with E-state index in [1.807, 2.05) is 6.92 Å². The van der Waals surface area contributed by atoms with Gasteiger partial charge in [-0.25, -0.2) is 0 Å². The molecule has 2 atom stereocenters. The minimum Gasteiger partial charge on any atom is -0.388 e. The SMILES string of the molecule is CC(N)=NC1(C)CCCCC1C. The summed E-state index contributed by atoms with van der Waals surface area (Å²) >= 11 is 0. The molecule has 0 bridgehead atoms. The summed E-state index contributed by atoms with van der Waals surface area (Å²) in [6, 6.07) is 0. The molecule has 0 amide bonds. The van der Waals surface area contributed by atoms with Gasteiger partial charge in [-0.2, -0.15) is 0 Å². The number of hydrogen-bond donors (Lipinski definition) is 1. The van der Waals surface area contributed by atoms with Crippen molar-refractivity contribution in [3.63, 3.8) is 0 Å². The van der Waals surface area contributed by atoms with Crippen LogP contribution in [-0.4, -0.2) is 11.4 Å². The molecule has 1 saturated carbocycles. The Labute approximate surface area is 75.3 Å². The van der Waals surface area contributed by atoms with Gasteiger partial charge in [0.2, 0.25) is 0 Å². The molecular weight excluding hydrogens is 148 g/mol. The standard InChI is InChI=1S/C10H20N2/c1-8-6-4-5-7-10(8,3)12-9(2)11/h8H,4-7H2,1-3H3,(H2,11,12). The molecule has 0 radical (unpaired) electrons. The van der Waals surface area contributed by atoms with E-state index in [0.29, 0.717) is 5.92 Å². The first-order valence-corrected chi connectivity index (χ1v) is 4.86. The maximum Gasteiger partial charge on any atom is 0.0912 e. The van der Waals surface area contributed by atoms with Crippen LogP contribution in [0.4, 0.5) is 0 Å². The highest BCUT2D eigenvalue weighted by atomic mass is 14.9. The van der Waals surface area contributed by atoms with Gasteiger partial charge in [0.25, 0.3) is 0 Å². The zero-order valence-corrected chi connectivity index (χ0v) is 8.43. The predicted octanol–water partition coefficient (Wildman–Crippen LogP) is 2.33. The van der Waals surface area contributed by atoms with E-state index in [2.05, 4.69) is 18.8 Å². The summed E-state index contributed by atoms with van der Waals surface area (Å²) in [5, 5.41) is 0. The normalized spacial score (nSPS) is 38.2. The van der Waals surface area contributed by atoms with Gasteiger partial charge in [-0.05, 0) is 32.6 Å². The fourth-order valence-electron chi connectivity index (χ4n) is 2.06. The molecule has 2 heteroatoms. The first kappa shape index (κ1) is 9.56. The van der Waals surface area contributed by atoms with Gasteiger partial charge in [-0.1, -0.05) is 19.8 Å². The smallest absolute Gasteiger partial charge is 0.0912 e. The van der Waals surface area contributed by atoms with Gasteiger partial charge in [0, 0.05) is 0 Å². The molecule has 1 aliphatic rings. The van der Waals surface area contributed by atoms with E-state index in [-0.39, 0.29) is 5.54 Å². The number of nitrogens with two attached hydrogens (primary N) is 1. The molecule has 12 heavy (non-hydrogen) atoms. The minimum absolute atomic E-state index is 0.122. The molecule has 1 rings (SSSR count). The van der Waals surface area contributed by atoms with Gasteiger partial charge in [-0.3, -0.25) is 4.99 Å². The first-order chi connectivity index (χ1) is 5.54. The molecule has 0 heterocycles. The summed E-state index contributed by atoms with van der Waals surface area (Å²) in [7, 11) is 0. The maximum atomic E-state index is 5.62. The van der Waals surface area contributed by atoms with E-state index < -0.39 is 0 Å². The van der Waals surface area contributed by atoms with Crippen LogP contribution < -0.4 is 5.73 Å². The largest absolute Gasteiger partial charge is 0.388 e. The third kappa shape index (κ3) is 1.99. The van der Waals surface area contributed by atoms with Gasteiger partial charge in [0.15, 0.2) is 0 Å². The summed E-state index contributed by atoms with van der Waals surface area (Å²) in [4.78, 5) is 4.54. The van der Waals surface area contributed by atoms with Gasteiger partial charge in [0.1, 0.15) is 0 Å². The third-order valence-electron chi connectivity index (χ3n) is 3.06. The lowest BCUT2D eigenvalue weighted by atomic mass is 9.75. The molecule has 2 nitrogen and oxygen atoms in total. The third-order valence-corrected chi connectivity index (χ3v) is 3.06. The van der Waals surface area contributed by atoms with Gasteiger partial charge in [-0.15, -0.1) is 0 Å². The maximum absolute atomic E-state index is 5.62. The van der Waals surface area contributed by atoms with Crippen LogP contribution in [0.3, 0.4) is 0 Å². The van der Waals surface area contributed by atoms with Crippen molar-refractivity contribution in [1.29, 1.82) is 0 Å². The summed E-state index contributed by atoms with van der Waals surface area (Å²) in [6.45, 7) is 6.39. The van der Waals surface area contributed by atoms with Gasteiger partial charge in [0.05, 0.1) is 11.4 Å². The molecular formula is C10H20N2. The van der Waals surface area contributed by atoms with Crippen LogP contribution in [0, 0.1) is 5.92 Å². The van der Waals surface area contributed by atoms with Gasteiger partial charge < -0.3 is 5.73 Å². The van der Waals surface area contributed by atoms with Crippen molar-refractivity contribution in [2.75, 3.05) is 0 Å². The molecule has 0 saturated heterocycles. The second-order valence-electron chi connectivity index (χ2n) is 4.26. The molecule has 2 unspecified atom stereocenters. The fourth-order valence-corrected chi connectivity index (χ4v) is 2.06. The zero-order chi connectivity index (χ0) is 9.19. The second kappa shape index (κ2) is 3.46. The highest BCUT2D eigenvalue weighted by Crippen LogP contribution is 2.36. The Bertz CT molecular complexity index is 182. The van der Waals surface area contributed by atoms with Crippen LogP contribution in [0.25, 0.3) is 0 Å². The Morgan fingerprint density at radius 3 is 2.67 bits per heavy atom. The lowest BCUT2D eigenvalue weighted by Gasteiger charge is -2.36. The summed E-state index contributed by atoms with van der Waals surface area (Å²) in [6.07, 6.45) is 5.16. The van der Waals surface area contributed by atoms with Crippen LogP contribution in [0.1, 0.15) is 46.5 Å². The van der Waals surface area contributed by atoms with Crippen molar-refractivity contribution in [3.05, 3.63) is 0 Å². The van der Waals surface area contributed by atoms with Gasteiger partial charge >= 0.3 is 0 Å². The molecule has 70 valence electrons. The van der Waals surface area contributed by atoms with E-state index in [1.165, 1.54) is 25.7 Å². The minimum atomic E-state index is 0.122. The number of hydrogen-bond acceptors (Lipinski definition) is 1. The van der Waals surface area contributed by atoms with Crippen molar-refractivity contribution in [2.24, 2.45) is 16.6 Å². The topological polar surface area (TPSA) is 38.4 Å². The van der Waals surface area contributed by atoms with Crippen molar-refractivity contribution < 1.29 is 0 Å². The van der Waals surface area contributed by atoms with Crippen LogP contribution in [0.5, 0.6) is 0 Å². The van der Waals surface area contributed by atoms with Crippen molar-refractivity contribution in [1.82, 2.24) is 0 Å². The van der Waals surface area contributed by atoms with E-state index >= 15 is 0 Å². The molecule has 1 aliphatic carbocycles. The number of rotatable bonds is 1. The average molecular weight is 168 g/mol. The summed E-state index contributed by atoms with van der Waals surface area (Å²) in [5.41, 5.74) is 5.74. The van der Waals surface area contributed by atoms with Crippen molar-refractivity contribution in [2.45, 2.75) is 52.0 Å². The Kier molecular flexibility index (Phi) is 2.76. The summed E-state index contributed by atoms with van der Waals surface area (Å²) in [5.74, 6) is 1.41. The van der Waals surface area contributed by atoms with Crippen LogP contribution in [-0.2, 0) is 0 Å². The van der Waals surface area contributed by atoms with E-state index in [1.54, 1.807) is 0 Å². The highest BCUT2D eigenvalue weighted by molar-refractivity contribution is 5.77. The average Bonchev–Trinajstić information content (AvgIpc) is 1.94. The Hall–Kier alpha value is -0.530. The Morgan fingerprint density at radius 2 is 2.17 bits per heavy atom. The number of nitrogens with zero attached hydrogens (tertiary/aromatic N) is 1. The molecule has 0 aromatic carbocycles. The van der Waals surface area contributed by atoms with Crippen LogP contribution in [0.2, 0.25) is 0 Å². The van der Waals surface area contributed by atoms with Crippen molar-refractivity contribution in [3.8, 4) is 0 Å². The molecule has 0 aliphatic heterocycles. The number of aliphatic imine (C=N–C) groups is 1. The van der Waals surface area contributed by atoms with E-state index in [9.17, 15) is 0 Å². The lowest BCUT2D eigenvalue weighted by molar-refractivity contribution is 0.228. The zero-order valence-electron chi connectivity index (χ0n) is 8.43. The quantitative estimate of drug-likeness (QED) is 0.473. The van der Waals surface area contributed by atoms with Crippen molar-refractivity contribution >= 4 is 5.84 Å². The first-order valence-electron chi connectivity index (χ1n) is 4.86. The monoisotopic (exact) mass is 168 g/mol. The molecule has 0 aromatic heterocycles. The predicted molar refractivity (Wildman–Crippen MR) is 53.3 cm³/mol. The Morgan fingerprint density at radius 1 is 1.50 bits per heavy atom. The van der Waals surface area contributed by atoms with E-state index in [0.717, 1.165) is 5.84 Å². The van der Waals surface area contributed by atoms with Crippen LogP contribution in [0.15, 0.2) is 4.99 Å². The fraction of sp³-hybridized carbons (Fsp3) is 0.900.